The van der Waals surface area contributed by atoms with Crippen molar-refractivity contribution < 1.29 is 14.3 Å². The van der Waals surface area contributed by atoms with Crippen LogP contribution in [0.3, 0.4) is 0 Å². The van der Waals surface area contributed by atoms with Gasteiger partial charge in [0.2, 0.25) is 5.91 Å². The second-order valence-corrected chi connectivity index (χ2v) is 4.11. The van der Waals surface area contributed by atoms with Gasteiger partial charge in [-0.2, -0.15) is 0 Å². The minimum atomic E-state index is -0.240. The van der Waals surface area contributed by atoms with E-state index in [2.05, 4.69) is 5.32 Å². The molecule has 4 nitrogen and oxygen atoms in total. The third-order valence-corrected chi connectivity index (χ3v) is 2.91. The number of nitrogens with one attached hydrogen (secondary N) is 1. The molecule has 0 aliphatic carbocycles. The number of amides is 1. The molecular formula is C12H11NO3. The van der Waals surface area contributed by atoms with Crippen LogP contribution in [-0.4, -0.2) is 24.4 Å². The van der Waals surface area contributed by atoms with Crippen molar-refractivity contribution in [1.82, 2.24) is 0 Å². The van der Waals surface area contributed by atoms with E-state index in [1.54, 1.807) is 12.1 Å². The Labute approximate surface area is 92.6 Å². The number of anilines is 1. The van der Waals surface area contributed by atoms with Gasteiger partial charge in [0.05, 0.1) is 6.61 Å². The number of Topliss-reactive ketones (excluding diaryl/α,β-unsaturated/α-hetero) is 1. The van der Waals surface area contributed by atoms with Crippen molar-refractivity contribution in [2.24, 2.45) is 0 Å². The third kappa shape index (κ3) is 1.61. The van der Waals surface area contributed by atoms with Crippen LogP contribution in [-0.2, 0) is 16.0 Å². The van der Waals surface area contributed by atoms with E-state index in [1.165, 1.54) is 0 Å². The lowest BCUT2D eigenvalue weighted by atomic mass is 9.98. The molecule has 16 heavy (non-hydrogen) atoms. The summed E-state index contributed by atoms with van der Waals surface area (Å²) < 4.78 is 4.97. The van der Waals surface area contributed by atoms with Gasteiger partial charge in [-0.1, -0.05) is 0 Å². The van der Waals surface area contributed by atoms with Crippen molar-refractivity contribution in [2.75, 3.05) is 11.9 Å². The van der Waals surface area contributed by atoms with Gasteiger partial charge in [0.25, 0.3) is 0 Å². The van der Waals surface area contributed by atoms with E-state index in [0.717, 1.165) is 11.3 Å². The molecule has 1 atom stereocenters. The van der Waals surface area contributed by atoms with E-state index < -0.39 is 0 Å². The SMILES string of the molecule is O=C1CCc2cc(C(=O)C3CO3)ccc2N1. The van der Waals surface area contributed by atoms with Crippen LogP contribution in [0.2, 0.25) is 0 Å². The van der Waals surface area contributed by atoms with Crippen molar-refractivity contribution in [3.05, 3.63) is 29.3 Å². The molecule has 2 aliphatic heterocycles. The van der Waals surface area contributed by atoms with Crippen LogP contribution in [0.4, 0.5) is 5.69 Å². The Kier molecular flexibility index (Phi) is 2.04. The zero-order chi connectivity index (χ0) is 11.1. The average Bonchev–Trinajstić information content (AvgIpc) is 3.11. The molecule has 0 radical (unpaired) electrons. The normalized spacial score (nSPS) is 22.2. The summed E-state index contributed by atoms with van der Waals surface area (Å²) in [5, 5.41) is 2.79. The van der Waals surface area contributed by atoms with Crippen LogP contribution in [0.5, 0.6) is 0 Å². The number of carbonyl (C=O) groups excluding carboxylic acids is 2. The molecule has 1 amide bonds. The Hall–Kier alpha value is -1.68. The minimum absolute atomic E-state index is 0.0390. The van der Waals surface area contributed by atoms with Crippen LogP contribution >= 0.6 is 0 Å². The number of benzene rings is 1. The van der Waals surface area contributed by atoms with Crippen LogP contribution in [0.25, 0.3) is 0 Å². The molecule has 1 saturated heterocycles. The van der Waals surface area contributed by atoms with E-state index in [0.29, 0.717) is 25.0 Å². The number of ketones is 1. The first-order valence-corrected chi connectivity index (χ1v) is 5.32. The Bertz CT molecular complexity index is 477. The molecular weight excluding hydrogens is 206 g/mol. The van der Waals surface area contributed by atoms with E-state index in [4.69, 9.17) is 4.74 Å². The van der Waals surface area contributed by atoms with Crippen molar-refractivity contribution >= 4 is 17.4 Å². The van der Waals surface area contributed by atoms with Crippen molar-refractivity contribution in [2.45, 2.75) is 18.9 Å². The maximum absolute atomic E-state index is 11.7. The zero-order valence-corrected chi connectivity index (χ0v) is 8.66. The van der Waals surface area contributed by atoms with Gasteiger partial charge in [-0.3, -0.25) is 9.59 Å². The second kappa shape index (κ2) is 3.42. The van der Waals surface area contributed by atoms with Crippen LogP contribution < -0.4 is 5.32 Å². The van der Waals surface area contributed by atoms with E-state index >= 15 is 0 Å². The number of rotatable bonds is 2. The predicted octanol–water partition coefficient (Wildman–Crippen LogP) is 1.15. The summed E-state index contributed by atoms with van der Waals surface area (Å²) in [6.07, 6.45) is 0.953. The molecule has 0 spiro atoms. The largest absolute Gasteiger partial charge is 0.364 e. The fourth-order valence-corrected chi connectivity index (χ4v) is 1.92. The van der Waals surface area contributed by atoms with Crippen molar-refractivity contribution in [1.29, 1.82) is 0 Å². The summed E-state index contributed by atoms with van der Waals surface area (Å²) in [6, 6.07) is 5.40. The van der Waals surface area contributed by atoms with Crippen molar-refractivity contribution in [3.63, 3.8) is 0 Å². The van der Waals surface area contributed by atoms with Crippen LogP contribution in [0.1, 0.15) is 22.3 Å². The standard InChI is InChI=1S/C12H11NO3/c14-11-4-2-7-5-8(1-3-9(7)13-11)12(15)10-6-16-10/h1,3,5,10H,2,4,6H2,(H,13,14). The Morgan fingerprint density at radius 1 is 1.38 bits per heavy atom. The van der Waals surface area contributed by atoms with Gasteiger partial charge in [-0.05, 0) is 30.2 Å². The lowest BCUT2D eigenvalue weighted by Gasteiger charge is -2.17. The van der Waals surface area contributed by atoms with Gasteiger partial charge >= 0.3 is 0 Å². The van der Waals surface area contributed by atoms with E-state index in [-0.39, 0.29) is 17.8 Å². The van der Waals surface area contributed by atoms with Gasteiger partial charge < -0.3 is 10.1 Å². The summed E-state index contributed by atoms with van der Waals surface area (Å²) in [6.45, 7) is 0.534. The first-order chi connectivity index (χ1) is 7.74. The third-order valence-electron chi connectivity index (χ3n) is 2.91. The fourth-order valence-electron chi connectivity index (χ4n) is 1.92. The maximum atomic E-state index is 11.7. The number of fused-ring (bicyclic) bond motifs is 1. The minimum Gasteiger partial charge on any atom is -0.364 e. The Morgan fingerprint density at radius 3 is 2.94 bits per heavy atom. The van der Waals surface area contributed by atoms with Crippen LogP contribution in [0.15, 0.2) is 18.2 Å². The summed E-state index contributed by atoms with van der Waals surface area (Å²) in [4.78, 5) is 22.9. The summed E-state index contributed by atoms with van der Waals surface area (Å²) in [5.41, 5.74) is 2.54. The highest BCUT2D eigenvalue weighted by molar-refractivity contribution is 6.02. The quantitative estimate of drug-likeness (QED) is 0.597. The first kappa shape index (κ1) is 9.54. The molecule has 1 N–H and O–H groups in total. The molecule has 3 rings (SSSR count). The topological polar surface area (TPSA) is 58.7 Å². The molecule has 0 saturated carbocycles. The smallest absolute Gasteiger partial charge is 0.224 e. The number of hydrogen-bond acceptors (Lipinski definition) is 3. The fraction of sp³-hybridized carbons (Fsp3) is 0.333. The van der Waals surface area contributed by atoms with Gasteiger partial charge in [-0.15, -0.1) is 0 Å². The molecule has 1 aromatic carbocycles. The molecule has 0 aromatic heterocycles. The summed E-state index contributed by atoms with van der Waals surface area (Å²) >= 11 is 0. The number of ether oxygens (including phenoxy) is 1. The molecule has 82 valence electrons. The van der Waals surface area contributed by atoms with Crippen LogP contribution in [0, 0.1) is 0 Å². The molecule has 2 heterocycles. The highest BCUT2D eigenvalue weighted by Crippen LogP contribution is 2.25. The number of aryl methyl sites for hydroxylation is 1. The van der Waals surface area contributed by atoms with Gasteiger partial charge in [0.1, 0.15) is 6.10 Å². The highest BCUT2D eigenvalue weighted by atomic mass is 16.6. The summed E-state index contributed by atoms with van der Waals surface area (Å²) in [7, 11) is 0. The van der Waals surface area contributed by atoms with Gasteiger partial charge in [-0.25, -0.2) is 0 Å². The maximum Gasteiger partial charge on any atom is 0.224 e. The van der Waals surface area contributed by atoms with Gasteiger partial charge in [0, 0.05) is 17.7 Å². The zero-order valence-electron chi connectivity index (χ0n) is 8.66. The molecule has 4 heteroatoms. The monoisotopic (exact) mass is 217 g/mol. The van der Waals surface area contributed by atoms with E-state index in [1.807, 2.05) is 6.07 Å². The number of epoxide rings is 1. The molecule has 1 aromatic rings. The second-order valence-electron chi connectivity index (χ2n) is 4.11. The predicted molar refractivity (Wildman–Crippen MR) is 57.5 cm³/mol. The lowest BCUT2D eigenvalue weighted by Crippen LogP contribution is -2.19. The number of carbonyl (C=O) groups is 2. The average molecular weight is 217 g/mol. The van der Waals surface area contributed by atoms with E-state index in [9.17, 15) is 9.59 Å². The molecule has 2 aliphatic rings. The Balaban J connectivity index is 1.92. The summed E-state index contributed by atoms with van der Waals surface area (Å²) in [5.74, 6) is 0.0804. The lowest BCUT2D eigenvalue weighted by molar-refractivity contribution is -0.116. The Morgan fingerprint density at radius 2 is 2.19 bits per heavy atom. The molecule has 0 bridgehead atoms. The first-order valence-electron chi connectivity index (χ1n) is 5.32. The van der Waals surface area contributed by atoms with Crippen molar-refractivity contribution in [3.8, 4) is 0 Å². The molecule has 1 fully saturated rings. The highest BCUT2D eigenvalue weighted by Gasteiger charge is 2.32. The molecule has 1 unspecified atom stereocenters. The number of hydrogen-bond donors (Lipinski definition) is 1. The van der Waals surface area contributed by atoms with Gasteiger partial charge in [0.15, 0.2) is 5.78 Å².